The van der Waals surface area contributed by atoms with E-state index in [1.807, 2.05) is 66.9 Å². The second kappa shape index (κ2) is 16.5. The average molecular weight is 630 g/mol. The van der Waals surface area contributed by atoms with E-state index in [4.69, 9.17) is 5.73 Å². The molecule has 236 valence electrons. The lowest BCUT2D eigenvalue weighted by molar-refractivity contribution is -0.142. The number of carbonyl (C=O) groups is 4. The molecule has 3 aromatic carbocycles. The van der Waals surface area contributed by atoms with Gasteiger partial charge in [-0.25, -0.2) is 4.79 Å². The Morgan fingerprint density at radius 1 is 0.733 bits per heavy atom. The smallest absolute Gasteiger partial charge is 0.326 e. The van der Waals surface area contributed by atoms with E-state index in [0.29, 0.717) is 12.2 Å². The van der Waals surface area contributed by atoms with Gasteiger partial charge in [-0.05, 0) is 41.2 Å². The Hall–Kier alpha value is -4.61. The van der Waals surface area contributed by atoms with Crippen molar-refractivity contribution in [1.29, 1.82) is 0 Å². The van der Waals surface area contributed by atoms with Gasteiger partial charge in [0.25, 0.3) is 0 Å². The van der Waals surface area contributed by atoms with Crippen molar-refractivity contribution in [2.75, 3.05) is 12.0 Å². The number of nitrogens with one attached hydrogen (secondary N) is 4. The number of para-hydroxylation sites is 1. The highest BCUT2D eigenvalue weighted by Gasteiger charge is 2.31. The van der Waals surface area contributed by atoms with E-state index in [1.54, 1.807) is 42.2 Å². The molecule has 0 bridgehead atoms. The van der Waals surface area contributed by atoms with Crippen LogP contribution < -0.4 is 21.7 Å². The van der Waals surface area contributed by atoms with Crippen LogP contribution in [-0.2, 0) is 38.4 Å². The molecule has 10 nitrogen and oxygen atoms in total. The highest BCUT2D eigenvalue weighted by atomic mass is 32.2. The molecular formula is C34H39N5O5S. The summed E-state index contributed by atoms with van der Waals surface area (Å²) in [6.45, 7) is 0. The van der Waals surface area contributed by atoms with Crippen LogP contribution >= 0.6 is 11.8 Å². The monoisotopic (exact) mass is 629 g/mol. The fourth-order valence-electron chi connectivity index (χ4n) is 5.04. The third kappa shape index (κ3) is 9.69. The molecule has 3 amide bonds. The molecule has 0 fully saturated rings. The number of amides is 3. The van der Waals surface area contributed by atoms with E-state index < -0.39 is 47.9 Å². The number of aliphatic carboxylic acids is 1. The molecule has 0 aliphatic carbocycles. The maximum absolute atomic E-state index is 13.9. The summed E-state index contributed by atoms with van der Waals surface area (Å²) >= 11 is 1.57. The number of hydrogen-bond acceptors (Lipinski definition) is 6. The fraction of sp³-hybridized carbons (Fsp3) is 0.294. The Bertz CT molecular complexity index is 1580. The Labute approximate surface area is 266 Å². The van der Waals surface area contributed by atoms with E-state index in [9.17, 15) is 24.3 Å². The van der Waals surface area contributed by atoms with Gasteiger partial charge in [0.15, 0.2) is 0 Å². The van der Waals surface area contributed by atoms with E-state index in [1.165, 1.54) is 0 Å². The number of carboxylic acids is 1. The van der Waals surface area contributed by atoms with Crippen LogP contribution in [0.1, 0.15) is 23.1 Å². The molecule has 0 saturated carbocycles. The summed E-state index contributed by atoms with van der Waals surface area (Å²) in [5, 5.41) is 19.0. The van der Waals surface area contributed by atoms with Gasteiger partial charge in [0.1, 0.15) is 18.1 Å². The normalized spacial score (nSPS) is 13.7. The predicted molar refractivity (Wildman–Crippen MR) is 177 cm³/mol. The van der Waals surface area contributed by atoms with Crippen molar-refractivity contribution in [1.82, 2.24) is 20.9 Å². The van der Waals surface area contributed by atoms with Crippen LogP contribution in [-0.4, -0.2) is 70.0 Å². The molecule has 4 rings (SSSR count). The summed E-state index contributed by atoms with van der Waals surface area (Å²) in [5.41, 5.74) is 9.33. The molecule has 11 heteroatoms. The standard InChI is InChI=1S/C34H39N5O5S/c1-45-17-16-26(35)31(40)37-29(20-24-21-36-27-15-9-8-14-25(24)27)33(42)38-28(18-22-10-4-2-5-11-22)32(41)39-30(34(43)44)19-23-12-6-3-7-13-23/h2-15,21,26,28-30,36H,16-20,35H2,1H3,(H,37,40)(H,38,42)(H,39,41)(H,43,44). The predicted octanol–water partition coefficient (Wildman–Crippen LogP) is 2.82. The first-order valence-electron chi connectivity index (χ1n) is 14.8. The molecule has 4 atom stereocenters. The van der Waals surface area contributed by atoms with Crippen molar-refractivity contribution in [2.24, 2.45) is 5.73 Å². The minimum atomic E-state index is -1.22. The number of H-pyrrole nitrogens is 1. The molecule has 0 saturated heterocycles. The maximum atomic E-state index is 13.9. The highest BCUT2D eigenvalue weighted by Crippen LogP contribution is 2.19. The average Bonchev–Trinajstić information content (AvgIpc) is 3.46. The van der Waals surface area contributed by atoms with Crippen molar-refractivity contribution < 1.29 is 24.3 Å². The zero-order chi connectivity index (χ0) is 32.2. The van der Waals surface area contributed by atoms with Crippen molar-refractivity contribution in [3.63, 3.8) is 0 Å². The topological polar surface area (TPSA) is 166 Å². The number of aromatic amines is 1. The van der Waals surface area contributed by atoms with Crippen LogP contribution in [0, 0.1) is 0 Å². The number of nitrogens with two attached hydrogens (primary N) is 1. The molecule has 1 heterocycles. The minimum absolute atomic E-state index is 0.0705. The van der Waals surface area contributed by atoms with Gasteiger partial charge in [0.2, 0.25) is 17.7 Å². The van der Waals surface area contributed by atoms with Gasteiger partial charge in [-0.2, -0.15) is 11.8 Å². The number of carboxylic acid groups (broad SMARTS) is 1. The van der Waals surface area contributed by atoms with Gasteiger partial charge >= 0.3 is 5.97 Å². The van der Waals surface area contributed by atoms with Gasteiger partial charge < -0.3 is 31.8 Å². The number of hydrogen-bond donors (Lipinski definition) is 6. The molecule has 7 N–H and O–H groups in total. The third-order valence-corrected chi connectivity index (χ3v) is 8.16. The maximum Gasteiger partial charge on any atom is 0.326 e. The number of rotatable bonds is 16. The van der Waals surface area contributed by atoms with Crippen LogP contribution in [0.3, 0.4) is 0 Å². The molecule has 0 radical (unpaired) electrons. The largest absolute Gasteiger partial charge is 0.480 e. The quantitative estimate of drug-likeness (QED) is 0.111. The number of carbonyl (C=O) groups excluding carboxylic acids is 3. The molecular weight excluding hydrogens is 590 g/mol. The lowest BCUT2D eigenvalue weighted by Gasteiger charge is -2.25. The summed E-state index contributed by atoms with van der Waals surface area (Å²) in [6.07, 6.45) is 4.47. The van der Waals surface area contributed by atoms with Crippen LogP contribution in [0.15, 0.2) is 91.1 Å². The third-order valence-electron chi connectivity index (χ3n) is 7.51. The summed E-state index contributed by atoms with van der Waals surface area (Å²) in [7, 11) is 0. The SMILES string of the molecule is CSCCC(N)C(=O)NC(Cc1c[nH]c2ccccc12)C(=O)NC(Cc1ccccc1)C(=O)NC(Cc1ccccc1)C(=O)O. The second-order valence-electron chi connectivity index (χ2n) is 10.9. The molecule has 1 aromatic heterocycles. The Morgan fingerprint density at radius 3 is 1.84 bits per heavy atom. The lowest BCUT2D eigenvalue weighted by atomic mass is 10.0. The van der Waals surface area contributed by atoms with Crippen LogP contribution in [0.4, 0.5) is 0 Å². The zero-order valence-electron chi connectivity index (χ0n) is 25.1. The summed E-state index contributed by atoms with van der Waals surface area (Å²) in [5.74, 6) is -2.22. The van der Waals surface area contributed by atoms with Gasteiger partial charge in [0.05, 0.1) is 6.04 Å². The van der Waals surface area contributed by atoms with Crippen molar-refractivity contribution in [2.45, 2.75) is 49.9 Å². The summed E-state index contributed by atoms with van der Waals surface area (Å²) < 4.78 is 0. The van der Waals surface area contributed by atoms with E-state index in [2.05, 4.69) is 20.9 Å². The lowest BCUT2D eigenvalue weighted by Crippen LogP contribution is -2.58. The van der Waals surface area contributed by atoms with E-state index in [-0.39, 0.29) is 19.3 Å². The molecule has 45 heavy (non-hydrogen) atoms. The zero-order valence-corrected chi connectivity index (χ0v) is 25.9. The first-order chi connectivity index (χ1) is 21.7. The van der Waals surface area contributed by atoms with E-state index >= 15 is 0 Å². The summed E-state index contributed by atoms with van der Waals surface area (Å²) in [6, 6.07) is 21.5. The van der Waals surface area contributed by atoms with Crippen LogP contribution in [0.25, 0.3) is 10.9 Å². The molecule has 0 spiro atoms. The Kier molecular flexibility index (Phi) is 12.2. The van der Waals surface area contributed by atoms with Gasteiger partial charge in [-0.1, -0.05) is 78.9 Å². The molecule has 0 aliphatic heterocycles. The van der Waals surface area contributed by atoms with Gasteiger partial charge in [-0.15, -0.1) is 0 Å². The van der Waals surface area contributed by atoms with Crippen molar-refractivity contribution in [3.8, 4) is 0 Å². The minimum Gasteiger partial charge on any atom is -0.480 e. The van der Waals surface area contributed by atoms with Crippen molar-refractivity contribution in [3.05, 3.63) is 108 Å². The number of benzene rings is 3. The Balaban J connectivity index is 1.58. The second-order valence-corrected chi connectivity index (χ2v) is 11.8. The fourth-order valence-corrected chi connectivity index (χ4v) is 5.53. The van der Waals surface area contributed by atoms with Crippen molar-refractivity contribution >= 4 is 46.4 Å². The number of fused-ring (bicyclic) bond motifs is 1. The molecule has 4 aromatic rings. The first-order valence-corrected chi connectivity index (χ1v) is 16.2. The van der Waals surface area contributed by atoms with Crippen LogP contribution in [0.5, 0.6) is 0 Å². The number of aromatic nitrogens is 1. The summed E-state index contributed by atoms with van der Waals surface area (Å²) in [4.78, 5) is 56.0. The highest BCUT2D eigenvalue weighted by molar-refractivity contribution is 7.98. The molecule has 0 aliphatic rings. The number of thioether (sulfide) groups is 1. The van der Waals surface area contributed by atoms with Gasteiger partial charge in [0, 0.05) is 36.4 Å². The first kappa shape index (κ1) is 33.3. The molecule has 4 unspecified atom stereocenters. The van der Waals surface area contributed by atoms with Crippen LogP contribution in [0.2, 0.25) is 0 Å². The van der Waals surface area contributed by atoms with Gasteiger partial charge in [-0.3, -0.25) is 14.4 Å². The van der Waals surface area contributed by atoms with E-state index in [0.717, 1.165) is 27.6 Å². The Morgan fingerprint density at radius 2 is 1.24 bits per heavy atom.